The molecule has 2 saturated heterocycles. The van der Waals surface area contributed by atoms with Crippen molar-refractivity contribution in [3.63, 3.8) is 0 Å². The van der Waals surface area contributed by atoms with Gasteiger partial charge >= 0.3 is 12.1 Å². The zero-order valence-electron chi connectivity index (χ0n) is 29.3. The van der Waals surface area contributed by atoms with Crippen LogP contribution in [0.15, 0.2) is 51.3 Å². The fourth-order valence-corrected chi connectivity index (χ4v) is 8.85. The number of amides is 4. The van der Waals surface area contributed by atoms with Gasteiger partial charge in [-0.15, -0.1) is 0 Å². The molecule has 262 valence electrons. The summed E-state index contributed by atoms with van der Waals surface area (Å²) in [6.07, 6.45) is 7.06. The van der Waals surface area contributed by atoms with Gasteiger partial charge in [0.15, 0.2) is 0 Å². The van der Waals surface area contributed by atoms with Crippen molar-refractivity contribution in [3.05, 3.63) is 70.7 Å². The molecule has 1 aliphatic carbocycles. The third kappa shape index (κ3) is 6.77. The molecule has 3 aliphatic rings. The minimum Gasteiger partial charge on any atom is -0.459 e. The number of aliphatic hydroxyl groups is 1. The standard InChI is InChI=1S/C39H51N5O5/c1-21-30-11-6-7-12-34(30)48-36(21)23(3)41-39(47)43-32-16-14-25(17-33(32)45)26-13-15-31-22(2)37(49-35(31)18-26)24(4)40-38(46)42-27-19-28-9-8-10-29(20-27)44(28)5/h6-7,11-13,15,18,23-25,27-29,32-33,45H,8-10,14,16-17,19-20H2,1-5H3,(H2,40,42,46)(H2,41,43,47). The molecule has 3 fully saturated rings. The van der Waals surface area contributed by atoms with Crippen LogP contribution in [0.2, 0.25) is 0 Å². The molecule has 2 aliphatic heterocycles. The molecule has 49 heavy (non-hydrogen) atoms. The first-order chi connectivity index (χ1) is 23.5. The van der Waals surface area contributed by atoms with Crippen LogP contribution in [0.1, 0.15) is 111 Å². The van der Waals surface area contributed by atoms with Gasteiger partial charge in [0.25, 0.3) is 0 Å². The van der Waals surface area contributed by atoms with E-state index in [0.29, 0.717) is 24.9 Å². The van der Waals surface area contributed by atoms with E-state index >= 15 is 0 Å². The molecule has 2 aromatic carbocycles. The highest BCUT2D eigenvalue weighted by atomic mass is 16.3. The van der Waals surface area contributed by atoms with Crippen LogP contribution in [0.4, 0.5) is 9.59 Å². The average molecular weight is 670 g/mol. The lowest BCUT2D eigenvalue weighted by Crippen LogP contribution is -2.56. The van der Waals surface area contributed by atoms with E-state index in [4.69, 9.17) is 8.83 Å². The third-order valence-electron chi connectivity index (χ3n) is 11.6. The number of piperidine rings is 2. The molecule has 0 radical (unpaired) electrons. The number of hydrogen-bond acceptors (Lipinski definition) is 6. The maximum absolute atomic E-state index is 13.0. The fourth-order valence-electron chi connectivity index (χ4n) is 8.85. The van der Waals surface area contributed by atoms with E-state index in [1.807, 2.05) is 52.0 Å². The first-order valence-corrected chi connectivity index (χ1v) is 18.1. The molecular weight excluding hydrogens is 618 g/mol. The second kappa shape index (κ2) is 13.7. The van der Waals surface area contributed by atoms with E-state index in [2.05, 4.69) is 51.4 Å². The summed E-state index contributed by atoms with van der Waals surface area (Å²) in [5.41, 5.74) is 4.73. The number of benzene rings is 2. The number of nitrogens with one attached hydrogen (secondary N) is 4. The van der Waals surface area contributed by atoms with E-state index in [1.165, 1.54) is 19.3 Å². The Morgan fingerprint density at radius 3 is 2.06 bits per heavy atom. The molecule has 10 heteroatoms. The van der Waals surface area contributed by atoms with Crippen molar-refractivity contribution in [1.82, 2.24) is 26.2 Å². The molecule has 7 unspecified atom stereocenters. The Morgan fingerprint density at radius 2 is 1.41 bits per heavy atom. The predicted molar refractivity (Wildman–Crippen MR) is 191 cm³/mol. The quantitative estimate of drug-likeness (QED) is 0.141. The molecule has 5 N–H and O–H groups in total. The SMILES string of the molecule is Cc1c(C(C)NC(=O)NC2CC3CCCC(C2)N3C)oc2cc(C3CCC(NC(=O)NC(C)c4oc5ccccc5c4C)C(O)C3)ccc12. The average Bonchev–Trinajstić information content (AvgIpc) is 3.58. The predicted octanol–water partition coefficient (Wildman–Crippen LogP) is 7.23. The summed E-state index contributed by atoms with van der Waals surface area (Å²) in [5, 5.41) is 25.5. The number of hydrogen-bond donors (Lipinski definition) is 5. The Hall–Kier alpha value is -4.02. The number of rotatable bonds is 7. The normalized spacial score (nSPS) is 27.1. The Morgan fingerprint density at radius 1 is 0.796 bits per heavy atom. The van der Waals surface area contributed by atoms with E-state index in [9.17, 15) is 14.7 Å². The lowest BCUT2D eigenvalue weighted by molar-refractivity contribution is 0.0508. The molecule has 7 rings (SSSR count). The molecule has 4 heterocycles. The number of urea groups is 2. The molecular formula is C39H51N5O5. The highest BCUT2D eigenvalue weighted by Crippen LogP contribution is 2.38. The van der Waals surface area contributed by atoms with Gasteiger partial charge in [-0.25, -0.2) is 9.59 Å². The molecule has 0 spiro atoms. The molecule has 4 aromatic rings. The van der Waals surface area contributed by atoms with Crippen molar-refractivity contribution in [1.29, 1.82) is 0 Å². The summed E-state index contributed by atoms with van der Waals surface area (Å²) in [7, 11) is 2.22. The topological polar surface area (TPSA) is 132 Å². The Balaban J connectivity index is 0.933. The van der Waals surface area contributed by atoms with Crippen LogP contribution in [0, 0.1) is 13.8 Å². The molecule has 10 nitrogen and oxygen atoms in total. The minimum atomic E-state index is -0.677. The van der Waals surface area contributed by atoms with Gasteiger partial charge in [0, 0.05) is 40.0 Å². The third-order valence-corrected chi connectivity index (χ3v) is 11.6. The summed E-state index contributed by atoms with van der Waals surface area (Å²) in [4.78, 5) is 28.5. The number of carbonyl (C=O) groups excluding carboxylic acids is 2. The Bertz CT molecular complexity index is 1820. The van der Waals surface area contributed by atoms with Gasteiger partial charge in [-0.3, -0.25) is 0 Å². The monoisotopic (exact) mass is 669 g/mol. The van der Waals surface area contributed by atoms with E-state index < -0.39 is 6.10 Å². The van der Waals surface area contributed by atoms with Crippen molar-refractivity contribution >= 4 is 34.0 Å². The van der Waals surface area contributed by atoms with E-state index in [1.54, 1.807) is 0 Å². The van der Waals surface area contributed by atoms with E-state index in [0.717, 1.165) is 69.4 Å². The Kier molecular flexibility index (Phi) is 9.37. The number of carbonyl (C=O) groups is 2. The largest absolute Gasteiger partial charge is 0.459 e. The van der Waals surface area contributed by atoms with Gasteiger partial charge in [0.1, 0.15) is 22.7 Å². The maximum Gasteiger partial charge on any atom is 0.315 e. The first kappa shape index (κ1) is 33.5. The summed E-state index contributed by atoms with van der Waals surface area (Å²) < 4.78 is 12.4. The highest BCUT2D eigenvalue weighted by Gasteiger charge is 2.37. The summed E-state index contributed by atoms with van der Waals surface area (Å²) in [6, 6.07) is 14.0. The van der Waals surface area contributed by atoms with Gasteiger partial charge in [-0.2, -0.15) is 0 Å². The maximum atomic E-state index is 13.0. The molecule has 1 saturated carbocycles. The minimum absolute atomic E-state index is 0.141. The number of aryl methyl sites for hydroxylation is 2. The highest BCUT2D eigenvalue weighted by molar-refractivity contribution is 5.84. The van der Waals surface area contributed by atoms with Gasteiger partial charge in [-0.1, -0.05) is 36.8 Å². The molecule has 7 atom stereocenters. The number of nitrogens with zero attached hydrogens (tertiary/aromatic N) is 1. The van der Waals surface area contributed by atoms with Crippen LogP contribution in [-0.4, -0.2) is 59.4 Å². The number of furan rings is 2. The number of aliphatic hydroxyl groups excluding tert-OH is 1. The fraction of sp³-hybridized carbons (Fsp3) is 0.538. The van der Waals surface area contributed by atoms with Crippen molar-refractivity contribution < 1.29 is 23.5 Å². The second-order valence-electron chi connectivity index (χ2n) is 14.9. The molecule has 2 bridgehead atoms. The van der Waals surface area contributed by atoms with Crippen molar-refractivity contribution in [2.75, 3.05) is 7.05 Å². The summed E-state index contributed by atoms with van der Waals surface area (Å²) in [6.45, 7) is 7.91. The van der Waals surface area contributed by atoms with E-state index in [-0.39, 0.29) is 42.1 Å². The molecule has 2 aromatic heterocycles. The second-order valence-corrected chi connectivity index (χ2v) is 14.9. The van der Waals surface area contributed by atoms with Gasteiger partial charge < -0.3 is 40.1 Å². The zero-order chi connectivity index (χ0) is 34.4. The Labute approximate surface area is 288 Å². The van der Waals surface area contributed by atoms with Crippen molar-refractivity contribution in [2.45, 2.75) is 127 Å². The van der Waals surface area contributed by atoms with Gasteiger partial charge in [0.05, 0.1) is 24.2 Å². The van der Waals surface area contributed by atoms with Crippen LogP contribution in [0.25, 0.3) is 21.9 Å². The molecule has 4 amide bonds. The smallest absolute Gasteiger partial charge is 0.315 e. The zero-order valence-corrected chi connectivity index (χ0v) is 29.3. The van der Waals surface area contributed by atoms with Gasteiger partial charge in [-0.05, 0) is 103 Å². The van der Waals surface area contributed by atoms with Crippen LogP contribution in [0.3, 0.4) is 0 Å². The van der Waals surface area contributed by atoms with Crippen molar-refractivity contribution in [2.24, 2.45) is 0 Å². The van der Waals surface area contributed by atoms with Crippen LogP contribution >= 0.6 is 0 Å². The lowest BCUT2D eigenvalue weighted by atomic mass is 9.80. The van der Waals surface area contributed by atoms with Crippen LogP contribution in [-0.2, 0) is 0 Å². The first-order valence-electron chi connectivity index (χ1n) is 18.1. The summed E-state index contributed by atoms with van der Waals surface area (Å²) >= 11 is 0. The summed E-state index contributed by atoms with van der Waals surface area (Å²) in [5.74, 6) is 1.63. The number of para-hydroxylation sites is 1. The van der Waals surface area contributed by atoms with Gasteiger partial charge in [0.2, 0.25) is 0 Å². The van der Waals surface area contributed by atoms with Crippen LogP contribution in [0.5, 0.6) is 0 Å². The lowest BCUT2D eigenvalue weighted by Gasteiger charge is -2.47. The van der Waals surface area contributed by atoms with Crippen LogP contribution < -0.4 is 21.3 Å². The number of fused-ring (bicyclic) bond motifs is 4. The van der Waals surface area contributed by atoms with Crippen molar-refractivity contribution in [3.8, 4) is 0 Å².